The Morgan fingerprint density at radius 3 is 2.29 bits per heavy atom. The minimum atomic E-state index is -0.181. The lowest BCUT2D eigenvalue weighted by molar-refractivity contribution is 0.829. The quantitative estimate of drug-likeness (QED) is 0.473. The average Bonchev–Trinajstić information content (AvgIpc) is 2.74. The Hall–Kier alpha value is -3.53. The highest BCUT2D eigenvalue weighted by atomic mass is 16.1. The number of para-hydroxylation sites is 1. The van der Waals surface area contributed by atoms with E-state index in [2.05, 4.69) is 31.1 Å². The van der Waals surface area contributed by atoms with Gasteiger partial charge in [-0.2, -0.15) is 9.78 Å². The highest BCUT2D eigenvalue weighted by Gasteiger charge is 2.11. The van der Waals surface area contributed by atoms with Crippen molar-refractivity contribution >= 4 is 17.1 Å². The highest BCUT2D eigenvalue weighted by molar-refractivity contribution is 5.82. The fourth-order valence-electron chi connectivity index (χ4n) is 3.10. The predicted molar refractivity (Wildman–Crippen MR) is 115 cm³/mol. The lowest BCUT2D eigenvalue weighted by Crippen LogP contribution is -2.20. The summed E-state index contributed by atoms with van der Waals surface area (Å²) in [5.74, 6) is 1.00. The van der Waals surface area contributed by atoms with Crippen LogP contribution in [0.5, 0.6) is 0 Å². The maximum Gasteiger partial charge on any atom is 0.282 e. The Morgan fingerprint density at radius 2 is 1.57 bits per heavy atom. The second-order valence-electron chi connectivity index (χ2n) is 7.00. The van der Waals surface area contributed by atoms with Crippen molar-refractivity contribution in [2.45, 2.75) is 19.8 Å². The zero-order valence-corrected chi connectivity index (χ0v) is 15.9. The van der Waals surface area contributed by atoms with E-state index in [-0.39, 0.29) is 5.56 Å². The second kappa shape index (κ2) is 7.61. The van der Waals surface area contributed by atoms with Gasteiger partial charge in [0.2, 0.25) is 0 Å². The number of rotatable bonds is 4. The summed E-state index contributed by atoms with van der Waals surface area (Å²) in [5.41, 5.74) is 3.53. The smallest absolute Gasteiger partial charge is 0.267 e. The van der Waals surface area contributed by atoms with Gasteiger partial charge in [0.1, 0.15) is 0 Å². The Bertz CT molecular complexity index is 1190. The van der Waals surface area contributed by atoms with E-state index >= 15 is 0 Å². The molecule has 4 heteroatoms. The summed E-state index contributed by atoms with van der Waals surface area (Å²) in [4.78, 5) is 17.8. The molecule has 4 aromatic rings. The molecule has 0 atom stereocenters. The fourth-order valence-corrected chi connectivity index (χ4v) is 3.10. The monoisotopic (exact) mass is 367 g/mol. The topological polar surface area (TPSA) is 47.2 Å². The van der Waals surface area contributed by atoms with Crippen LogP contribution in [0, 0.1) is 0 Å². The Balaban J connectivity index is 1.85. The summed E-state index contributed by atoms with van der Waals surface area (Å²) >= 11 is 0. The summed E-state index contributed by atoms with van der Waals surface area (Å²) in [6.45, 7) is 4.32. The first-order valence-electron chi connectivity index (χ1n) is 9.35. The van der Waals surface area contributed by atoms with Crippen LogP contribution >= 0.6 is 0 Å². The molecule has 28 heavy (non-hydrogen) atoms. The molecule has 4 nitrogen and oxygen atoms in total. The van der Waals surface area contributed by atoms with Crippen LogP contribution in [0.2, 0.25) is 0 Å². The van der Waals surface area contributed by atoms with Crippen LogP contribution in [0.1, 0.15) is 30.9 Å². The predicted octanol–water partition coefficient (Wildman–Crippen LogP) is 5.07. The molecule has 0 aliphatic heterocycles. The molecule has 0 aliphatic rings. The van der Waals surface area contributed by atoms with Gasteiger partial charge in [-0.1, -0.05) is 80.6 Å². The van der Waals surface area contributed by atoms with Crippen LogP contribution in [-0.2, 0) is 0 Å². The van der Waals surface area contributed by atoms with E-state index in [0.29, 0.717) is 22.6 Å². The van der Waals surface area contributed by atoms with Crippen LogP contribution in [0.4, 0.5) is 0 Å². The molecule has 4 rings (SSSR count). The van der Waals surface area contributed by atoms with Crippen LogP contribution in [-0.4, -0.2) is 15.9 Å². The van der Waals surface area contributed by atoms with Gasteiger partial charge in [0.15, 0.2) is 5.82 Å². The van der Waals surface area contributed by atoms with Gasteiger partial charge in [-0.15, -0.1) is 0 Å². The molecule has 0 aliphatic carbocycles. The van der Waals surface area contributed by atoms with Crippen molar-refractivity contribution in [2.24, 2.45) is 5.10 Å². The maximum atomic E-state index is 13.1. The lowest BCUT2D eigenvalue weighted by Gasteiger charge is -2.09. The van der Waals surface area contributed by atoms with Gasteiger partial charge in [-0.05, 0) is 29.2 Å². The van der Waals surface area contributed by atoms with Crippen molar-refractivity contribution in [3.8, 4) is 11.4 Å². The fraction of sp³-hybridized carbons (Fsp3) is 0.125. The van der Waals surface area contributed by atoms with E-state index in [0.717, 1.165) is 11.1 Å². The zero-order chi connectivity index (χ0) is 19.5. The van der Waals surface area contributed by atoms with Crippen molar-refractivity contribution in [2.75, 3.05) is 0 Å². The van der Waals surface area contributed by atoms with E-state index in [1.807, 2.05) is 60.7 Å². The molecule has 0 fully saturated rings. The van der Waals surface area contributed by atoms with Gasteiger partial charge in [0, 0.05) is 5.56 Å². The van der Waals surface area contributed by atoms with Crippen LogP contribution in [0.25, 0.3) is 22.3 Å². The summed E-state index contributed by atoms with van der Waals surface area (Å²) < 4.78 is 1.38. The molecular formula is C24H21N3O. The largest absolute Gasteiger partial charge is 0.282 e. The third-order valence-corrected chi connectivity index (χ3v) is 4.71. The first-order valence-corrected chi connectivity index (χ1v) is 9.35. The molecule has 0 amide bonds. The van der Waals surface area contributed by atoms with Crippen LogP contribution in [0.15, 0.2) is 88.8 Å². The van der Waals surface area contributed by atoms with E-state index < -0.39 is 0 Å². The number of benzene rings is 3. The van der Waals surface area contributed by atoms with Crippen LogP contribution in [0.3, 0.4) is 0 Å². The van der Waals surface area contributed by atoms with Crippen molar-refractivity contribution in [1.82, 2.24) is 9.66 Å². The second-order valence-corrected chi connectivity index (χ2v) is 7.00. The van der Waals surface area contributed by atoms with Gasteiger partial charge in [-0.3, -0.25) is 4.79 Å². The maximum absolute atomic E-state index is 13.1. The third kappa shape index (κ3) is 3.49. The number of nitrogens with zero attached hydrogens (tertiary/aromatic N) is 3. The third-order valence-electron chi connectivity index (χ3n) is 4.71. The van der Waals surface area contributed by atoms with E-state index in [9.17, 15) is 4.79 Å². The molecule has 3 aromatic carbocycles. The minimum Gasteiger partial charge on any atom is -0.267 e. The van der Waals surface area contributed by atoms with Crippen molar-refractivity contribution in [3.05, 3.63) is 100 Å². The minimum absolute atomic E-state index is 0.181. The van der Waals surface area contributed by atoms with E-state index in [4.69, 9.17) is 4.98 Å². The Morgan fingerprint density at radius 1 is 0.893 bits per heavy atom. The van der Waals surface area contributed by atoms with Gasteiger partial charge in [0.25, 0.3) is 5.56 Å². The van der Waals surface area contributed by atoms with Crippen molar-refractivity contribution in [3.63, 3.8) is 0 Å². The molecule has 0 bridgehead atoms. The van der Waals surface area contributed by atoms with Crippen LogP contribution < -0.4 is 5.56 Å². The number of fused-ring (bicyclic) bond motifs is 1. The summed E-state index contributed by atoms with van der Waals surface area (Å²) in [6, 6.07) is 25.2. The van der Waals surface area contributed by atoms with Crippen molar-refractivity contribution < 1.29 is 0 Å². The average molecular weight is 367 g/mol. The van der Waals surface area contributed by atoms with E-state index in [1.165, 1.54) is 10.2 Å². The van der Waals surface area contributed by atoms with Gasteiger partial charge >= 0.3 is 0 Å². The summed E-state index contributed by atoms with van der Waals surface area (Å²) in [6.07, 6.45) is 1.70. The molecule has 0 spiro atoms. The first kappa shape index (κ1) is 17.9. The summed E-state index contributed by atoms with van der Waals surface area (Å²) in [7, 11) is 0. The number of aromatic nitrogens is 2. The molecule has 138 valence electrons. The van der Waals surface area contributed by atoms with Gasteiger partial charge < -0.3 is 0 Å². The first-order chi connectivity index (χ1) is 13.6. The number of hydrogen-bond acceptors (Lipinski definition) is 3. The van der Waals surface area contributed by atoms with Crippen molar-refractivity contribution in [1.29, 1.82) is 0 Å². The molecular weight excluding hydrogens is 346 g/mol. The highest BCUT2D eigenvalue weighted by Crippen LogP contribution is 2.19. The zero-order valence-electron chi connectivity index (χ0n) is 15.9. The van der Waals surface area contributed by atoms with Gasteiger partial charge in [-0.25, -0.2) is 4.98 Å². The van der Waals surface area contributed by atoms with E-state index in [1.54, 1.807) is 12.3 Å². The molecule has 0 unspecified atom stereocenters. The molecule has 0 saturated carbocycles. The number of hydrogen-bond donors (Lipinski definition) is 0. The SMILES string of the molecule is CC(C)c1ccc(C=Nn2c(-c3ccccc3)nc3ccccc3c2=O)cc1. The normalized spacial score (nSPS) is 11.5. The Kier molecular flexibility index (Phi) is 4.85. The standard InChI is InChI=1S/C24H21N3O/c1-17(2)19-14-12-18(13-15-19)16-25-27-23(20-8-4-3-5-9-20)26-22-11-7-6-10-21(22)24(27)28/h3-17H,1-2H3. The molecule has 1 heterocycles. The Labute approximate surface area is 163 Å². The molecule has 1 aromatic heterocycles. The molecule has 0 radical (unpaired) electrons. The molecule has 0 N–H and O–H groups in total. The summed E-state index contributed by atoms with van der Waals surface area (Å²) in [5, 5.41) is 5.04. The molecule has 0 saturated heterocycles. The lowest BCUT2D eigenvalue weighted by atomic mass is 10.0. The van der Waals surface area contributed by atoms with Gasteiger partial charge in [0.05, 0.1) is 17.1 Å².